The number of aliphatic carboxylic acids is 1. The van der Waals surface area contributed by atoms with Gasteiger partial charge in [0.2, 0.25) is 17.7 Å². The van der Waals surface area contributed by atoms with Gasteiger partial charge in [0.15, 0.2) is 11.3 Å². The number of carboxylic acid groups (broad SMARTS) is 1. The minimum Gasteiger partial charge on any atom is -0.480 e. The first kappa shape index (κ1) is 61.0. The molecule has 9 rings (SSSR count). The second kappa shape index (κ2) is 27.3. The van der Waals surface area contributed by atoms with Gasteiger partial charge in [-0.2, -0.15) is 10.2 Å². The summed E-state index contributed by atoms with van der Waals surface area (Å²) >= 11 is 0. The minimum atomic E-state index is -1.51. The van der Waals surface area contributed by atoms with Crippen LogP contribution in [0.2, 0.25) is 0 Å². The summed E-state index contributed by atoms with van der Waals surface area (Å²) in [6.45, 7) is 24.8. The van der Waals surface area contributed by atoms with E-state index in [1.807, 2.05) is 61.5 Å². The lowest BCUT2D eigenvalue weighted by atomic mass is 9.90. The van der Waals surface area contributed by atoms with Crippen LogP contribution in [0.1, 0.15) is 122 Å². The lowest BCUT2D eigenvalue weighted by Gasteiger charge is -2.31. The average molecular weight is 1130 g/mol. The van der Waals surface area contributed by atoms with Crippen molar-refractivity contribution in [3.63, 3.8) is 0 Å². The van der Waals surface area contributed by atoms with Crippen LogP contribution in [0.5, 0.6) is 0 Å². The van der Waals surface area contributed by atoms with Gasteiger partial charge in [-0.3, -0.25) is 24.1 Å². The Hall–Kier alpha value is -7.07. The number of rotatable bonds is 21. The number of aromatic nitrogens is 6. The molecule has 7 heterocycles. The number of aryl methyl sites for hydroxylation is 4. The van der Waals surface area contributed by atoms with Gasteiger partial charge in [-0.15, -0.1) is 0 Å². The Morgan fingerprint density at radius 3 is 1.70 bits per heavy atom. The van der Waals surface area contributed by atoms with E-state index in [2.05, 4.69) is 60.0 Å². The Balaban J connectivity index is 0.000000249. The van der Waals surface area contributed by atoms with Crippen LogP contribution in [0.3, 0.4) is 0 Å². The van der Waals surface area contributed by atoms with E-state index in [4.69, 9.17) is 19.4 Å². The smallest absolute Gasteiger partial charge is 0.318 e. The van der Waals surface area contributed by atoms with Gasteiger partial charge in [0.1, 0.15) is 16.6 Å². The molecule has 3 aliphatic heterocycles. The first-order valence-electron chi connectivity index (χ1n) is 29.2. The van der Waals surface area contributed by atoms with Crippen molar-refractivity contribution < 1.29 is 38.1 Å². The molecule has 20 nitrogen and oxygen atoms in total. The number of fused-ring (bicyclic) bond motifs is 2. The van der Waals surface area contributed by atoms with Crippen LogP contribution in [-0.2, 0) is 80.8 Å². The van der Waals surface area contributed by atoms with Crippen LogP contribution >= 0.6 is 0 Å². The van der Waals surface area contributed by atoms with Crippen molar-refractivity contribution in [3.05, 3.63) is 94.3 Å². The third-order valence-electron chi connectivity index (χ3n) is 16.0. The van der Waals surface area contributed by atoms with Crippen LogP contribution in [0.25, 0.3) is 33.2 Å². The van der Waals surface area contributed by atoms with Crippen molar-refractivity contribution in [2.75, 3.05) is 56.7 Å². The summed E-state index contributed by atoms with van der Waals surface area (Å²) in [5.41, 5.74) is 7.22. The minimum absolute atomic E-state index is 0.155. The number of nitrogens with one attached hydrogen (secondary N) is 6. The number of ether oxygens (including phenoxy) is 2. The number of carbonyl (C=O) groups is 4. The lowest BCUT2D eigenvalue weighted by Crippen LogP contribution is -2.48. The van der Waals surface area contributed by atoms with E-state index in [9.17, 15) is 24.3 Å². The fourth-order valence-electron chi connectivity index (χ4n) is 10.7. The highest BCUT2D eigenvalue weighted by molar-refractivity contribution is 6.04. The Bertz CT molecular complexity index is 3220. The van der Waals surface area contributed by atoms with Crippen LogP contribution in [0, 0.1) is 16.6 Å². The maximum Gasteiger partial charge on any atom is 0.318 e. The topological polar surface area (TPSA) is 244 Å². The Labute approximate surface area is 480 Å². The van der Waals surface area contributed by atoms with Crippen molar-refractivity contribution in [2.45, 2.75) is 158 Å². The van der Waals surface area contributed by atoms with E-state index < -0.39 is 34.5 Å². The number of hydrogen-bond acceptors (Lipinski definition) is 14. The maximum absolute atomic E-state index is 15.2. The molecule has 3 aliphatic rings. The first-order valence-corrected chi connectivity index (χ1v) is 29.2. The number of carbonyl (C=O) groups excluding carboxylic acids is 3. The molecule has 442 valence electrons. The fraction of sp³-hybridized carbons (Fsp3) is 0.541. The summed E-state index contributed by atoms with van der Waals surface area (Å²) in [5, 5.41) is 39.8. The summed E-state index contributed by atoms with van der Waals surface area (Å²) < 4.78 is 30.0. The standard InChI is InChI=1S/C40H53FN8O3.C21H31N5O4/c1-6-35-32(36(46-30-13-17-52-18-14-30)33-23-45-49(7-2)37(33)47-35)22-44-39(51)40(4,5)38(50)43-21-27-11-12-34(41)31(20-27)29-10-8-9-28(19-29)25-48-16-15-42-26(3)24-48;1-5-16-14(11-22-19(27)21(3,4)20(28)29)17(24-13-7-9-30-10-8-13)15-12-23-26(6-2)18(15)25-16/h8-12,19-20,23,26,30,42H,6-7,13-18,21-22,24-25H2,1-5H3,(H,43,50)(H,44,51)(H,46,47);12-13H,5-11H2,1-4H3,(H,22,27)(H,24,25)(H,28,29)/t26-;/m0./s1. The number of anilines is 2. The molecule has 3 saturated heterocycles. The summed E-state index contributed by atoms with van der Waals surface area (Å²) in [5.74, 6) is -2.83. The van der Waals surface area contributed by atoms with E-state index in [0.717, 1.165) is 125 Å². The number of pyridine rings is 2. The van der Waals surface area contributed by atoms with Gasteiger partial charge < -0.3 is 46.5 Å². The molecule has 0 aliphatic carbocycles. The first-order chi connectivity index (χ1) is 39.4. The highest BCUT2D eigenvalue weighted by Gasteiger charge is 2.38. The molecule has 0 radical (unpaired) electrons. The predicted octanol–water partition coefficient (Wildman–Crippen LogP) is 7.49. The molecule has 3 amide bonds. The second-order valence-electron chi connectivity index (χ2n) is 22.7. The van der Waals surface area contributed by atoms with E-state index in [-0.39, 0.29) is 37.5 Å². The monoisotopic (exact) mass is 1130 g/mol. The van der Waals surface area contributed by atoms with Crippen molar-refractivity contribution in [3.8, 4) is 11.1 Å². The van der Waals surface area contributed by atoms with Gasteiger partial charge in [-0.25, -0.2) is 23.7 Å². The number of hydrogen-bond donors (Lipinski definition) is 7. The molecule has 0 saturated carbocycles. The van der Waals surface area contributed by atoms with Crippen LogP contribution in [-0.4, -0.2) is 127 Å². The molecule has 0 spiro atoms. The second-order valence-corrected chi connectivity index (χ2v) is 22.7. The van der Waals surface area contributed by atoms with E-state index in [0.29, 0.717) is 64.0 Å². The molecule has 2 aromatic carbocycles. The zero-order chi connectivity index (χ0) is 58.7. The molecule has 1 atom stereocenters. The molecule has 82 heavy (non-hydrogen) atoms. The van der Waals surface area contributed by atoms with Gasteiger partial charge in [0.05, 0.1) is 34.5 Å². The largest absolute Gasteiger partial charge is 0.480 e. The molecule has 21 heteroatoms. The quantitative estimate of drug-likeness (QED) is 0.0345. The molecular weight excluding hydrogens is 1050 g/mol. The molecule has 3 fully saturated rings. The van der Waals surface area contributed by atoms with Crippen molar-refractivity contribution >= 4 is 57.1 Å². The number of halogens is 1. The van der Waals surface area contributed by atoms with Gasteiger partial charge in [0, 0.05) is 132 Å². The summed E-state index contributed by atoms with van der Waals surface area (Å²) in [6.07, 6.45) is 8.54. The number of carboxylic acids is 1. The third kappa shape index (κ3) is 14.2. The fourth-order valence-corrected chi connectivity index (χ4v) is 10.7. The average Bonchev–Trinajstić information content (AvgIpc) is 4.32. The Kier molecular flexibility index (Phi) is 20.3. The van der Waals surface area contributed by atoms with Crippen LogP contribution < -0.4 is 31.9 Å². The number of amides is 3. The highest BCUT2D eigenvalue weighted by Crippen LogP contribution is 2.34. The number of nitrogens with zero attached hydrogens (tertiary/aromatic N) is 7. The maximum atomic E-state index is 15.2. The van der Waals surface area contributed by atoms with E-state index in [1.54, 1.807) is 32.2 Å². The lowest BCUT2D eigenvalue weighted by molar-refractivity contribution is -0.153. The number of benzene rings is 2. The zero-order valence-corrected chi connectivity index (χ0v) is 49.3. The van der Waals surface area contributed by atoms with Gasteiger partial charge in [0.25, 0.3) is 0 Å². The normalized spacial score (nSPS) is 16.6. The summed E-state index contributed by atoms with van der Waals surface area (Å²) in [4.78, 5) is 63.4. The van der Waals surface area contributed by atoms with Crippen molar-refractivity contribution in [1.82, 2.24) is 55.7 Å². The Morgan fingerprint density at radius 1 is 0.695 bits per heavy atom. The van der Waals surface area contributed by atoms with Crippen LogP contribution in [0.4, 0.5) is 15.8 Å². The van der Waals surface area contributed by atoms with Crippen molar-refractivity contribution in [2.24, 2.45) is 10.8 Å². The molecule has 6 aromatic rings. The van der Waals surface area contributed by atoms with Gasteiger partial charge in [-0.1, -0.05) is 38.1 Å². The zero-order valence-electron chi connectivity index (χ0n) is 49.3. The summed E-state index contributed by atoms with van der Waals surface area (Å²) in [7, 11) is 0. The molecular formula is C61H84FN13O7. The third-order valence-corrected chi connectivity index (χ3v) is 16.0. The SMILES string of the molecule is CCc1nc2c(cnn2CC)c(NC2CCOCC2)c1CNC(=O)C(C)(C)C(=O)NCc1ccc(F)c(-c2cccc(CN3CCN[C@@H](C)C3)c2)c1.CCc1nc2c(cnn2CC)c(NC2CCOCC2)c1CNC(=O)C(C)(C)C(=O)O. The van der Waals surface area contributed by atoms with Gasteiger partial charge >= 0.3 is 5.97 Å². The molecule has 0 unspecified atom stereocenters. The summed E-state index contributed by atoms with van der Waals surface area (Å²) in [6, 6.07) is 13.8. The van der Waals surface area contributed by atoms with Crippen molar-refractivity contribution in [1.29, 1.82) is 0 Å². The molecule has 7 N–H and O–H groups in total. The molecule has 0 bridgehead atoms. The predicted molar refractivity (Wildman–Crippen MR) is 315 cm³/mol. The van der Waals surface area contributed by atoms with E-state index in [1.165, 1.54) is 19.9 Å². The Morgan fingerprint density at radius 2 is 1.21 bits per heavy atom. The van der Waals surface area contributed by atoms with Crippen LogP contribution in [0.15, 0.2) is 54.9 Å². The number of piperazine rings is 1. The van der Waals surface area contributed by atoms with E-state index >= 15 is 4.39 Å². The molecule has 4 aromatic heterocycles. The highest BCUT2D eigenvalue weighted by atomic mass is 19.1. The van der Waals surface area contributed by atoms with Gasteiger partial charge in [-0.05, 0) is 122 Å².